The van der Waals surface area contributed by atoms with E-state index < -0.39 is 34.1 Å². The van der Waals surface area contributed by atoms with E-state index in [1.165, 1.54) is 4.90 Å². The van der Waals surface area contributed by atoms with Crippen molar-refractivity contribution >= 4 is 50.7 Å². The molecule has 2 aromatic rings. The molecule has 0 fully saturated rings. The summed E-state index contributed by atoms with van der Waals surface area (Å²) in [4.78, 5) is 27.9. The van der Waals surface area contributed by atoms with E-state index in [9.17, 15) is 18.0 Å². The maximum absolute atomic E-state index is 13.6. The van der Waals surface area contributed by atoms with Crippen molar-refractivity contribution in [2.45, 2.75) is 59.7 Å². The van der Waals surface area contributed by atoms with Gasteiger partial charge in [0, 0.05) is 22.1 Å². The molecule has 0 aromatic heterocycles. The zero-order valence-electron chi connectivity index (χ0n) is 21.1. The van der Waals surface area contributed by atoms with E-state index in [-0.39, 0.29) is 12.5 Å². The molecule has 0 bridgehead atoms. The van der Waals surface area contributed by atoms with Crippen LogP contribution in [0.25, 0.3) is 0 Å². The number of aryl methyl sites for hydroxylation is 2. The van der Waals surface area contributed by atoms with Gasteiger partial charge in [0.25, 0.3) is 0 Å². The van der Waals surface area contributed by atoms with Crippen LogP contribution < -0.4 is 9.62 Å². The Morgan fingerprint density at radius 2 is 1.69 bits per heavy atom. The monoisotopic (exact) mass is 541 g/mol. The lowest BCUT2D eigenvalue weighted by Crippen LogP contribution is -2.54. The van der Waals surface area contributed by atoms with E-state index in [1.54, 1.807) is 44.2 Å². The molecule has 1 N–H and O–H groups in total. The highest BCUT2D eigenvalue weighted by Gasteiger charge is 2.32. The SMILES string of the molecule is Cc1ccc(N(CC(=O)N(Cc2ccc(Cl)cc2Cl)C(C)C(=O)NC(C)(C)C)S(C)(=O)=O)c(C)c1. The standard InChI is InChI=1S/C25H33Cl2N3O4S/c1-16-8-11-22(17(2)12-16)30(35(7,33)34)15-23(31)29(18(3)24(32)28-25(4,5)6)14-19-9-10-20(26)13-21(19)27/h8-13,18H,14-15H2,1-7H3,(H,28,32). The maximum atomic E-state index is 13.6. The summed E-state index contributed by atoms with van der Waals surface area (Å²) in [5.41, 5.74) is 2.15. The van der Waals surface area contributed by atoms with Crippen LogP contribution in [0.5, 0.6) is 0 Å². The van der Waals surface area contributed by atoms with Gasteiger partial charge in [0.05, 0.1) is 11.9 Å². The molecule has 0 aliphatic heterocycles. The average molecular weight is 543 g/mol. The highest BCUT2D eigenvalue weighted by molar-refractivity contribution is 7.92. The van der Waals surface area contributed by atoms with Crippen molar-refractivity contribution in [3.63, 3.8) is 0 Å². The number of anilines is 1. The number of carbonyl (C=O) groups excluding carboxylic acids is 2. The number of nitrogens with zero attached hydrogens (tertiary/aromatic N) is 2. The zero-order valence-corrected chi connectivity index (χ0v) is 23.5. The van der Waals surface area contributed by atoms with Gasteiger partial charge in [-0.3, -0.25) is 13.9 Å². The number of carbonyl (C=O) groups is 2. The number of rotatable bonds is 8. The Morgan fingerprint density at radius 1 is 1.06 bits per heavy atom. The third-order valence-electron chi connectivity index (χ3n) is 5.32. The van der Waals surface area contributed by atoms with Crippen molar-refractivity contribution in [3.05, 3.63) is 63.1 Å². The Kier molecular flexibility index (Phi) is 9.25. The van der Waals surface area contributed by atoms with Crippen molar-refractivity contribution in [1.29, 1.82) is 0 Å². The fraction of sp³-hybridized carbons (Fsp3) is 0.440. The summed E-state index contributed by atoms with van der Waals surface area (Å²) in [6.45, 7) is 10.3. The molecule has 2 aromatic carbocycles. The Hall–Kier alpha value is -2.29. The van der Waals surface area contributed by atoms with Gasteiger partial charge in [0.15, 0.2) is 0 Å². The van der Waals surface area contributed by atoms with Crippen molar-refractivity contribution in [2.24, 2.45) is 0 Å². The summed E-state index contributed by atoms with van der Waals surface area (Å²) >= 11 is 12.4. The number of halogens is 2. The third-order valence-corrected chi connectivity index (χ3v) is 7.03. The number of nitrogens with one attached hydrogen (secondary N) is 1. The molecule has 0 saturated carbocycles. The maximum Gasteiger partial charge on any atom is 0.244 e. The Balaban J connectivity index is 2.47. The lowest BCUT2D eigenvalue weighted by atomic mass is 10.1. The predicted molar refractivity (Wildman–Crippen MR) is 142 cm³/mol. The van der Waals surface area contributed by atoms with Crippen LogP contribution in [0.1, 0.15) is 44.4 Å². The van der Waals surface area contributed by atoms with E-state index in [0.717, 1.165) is 16.1 Å². The van der Waals surface area contributed by atoms with E-state index in [1.807, 2.05) is 33.8 Å². The summed E-state index contributed by atoms with van der Waals surface area (Å²) in [6.07, 6.45) is 1.05. The fourth-order valence-electron chi connectivity index (χ4n) is 3.57. The molecule has 7 nitrogen and oxygen atoms in total. The summed E-state index contributed by atoms with van der Waals surface area (Å²) in [7, 11) is -3.80. The van der Waals surface area contributed by atoms with E-state index in [2.05, 4.69) is 5.32 Å². The molecule has 35 heavy (non-hydrogen) atoms. The first-order chi connectivity index (χ1) is 16.0. The minimum Gasteiger partial charge on any atom is -0.350 e. The Labute approximate surface area is 218 Å². The highest BCUT2D eigenvalue weighted by atomic mass is 35.5. The molecule has 0 aliphatic rings. The summed E-state index contributed by atoms with van der Waals surface area (Å²) in [6, 6.07) is 9.29. The second-order valence-electron chi connectivity index (χ2n) is 9.73. The minimum atomic E-state index is -3.80. The average Bonchev–Trinajstić information content (AvgIpc) is 2.69. The third kappa shape index (κ3) is 8.12. The number of amides is 2. The first-order valence-corrected chi connectivity index (χ1v) is 13.7. The van der Waals surface area contributed by atoms with Crippen LogP contribution in [0.4, 0.5) is 5.69 Å². The summed E-state index contributed by atoms with van der Waals surface area (Å²) in [5, 5.41) is 3.65. The summed E-state index contributed by atoms with van der Waals surface area (Å²) < 4.78 is 26.5. The van der Waals surface area contributed by atoms with Crippen LogP contribution in [-0.4, -0.2) is 49.5 Å². The second-order valence-corrected chi connectivity index (χ2v) is 12.5. The van der Waals surface area contributed by atoms with Gasteiger partial charge in [-0.2, -0.15) is 0 Å². The molecular weight excluding hydrogens is 509 g/mol. The highest BCUT2D eigenvalue weighted by Crippen LogP contribution is 2.26. The fourth-order valence-corrected chi connectivity index (χ4v) is 4.95. The van der Waals surface area contributed by atoms with Gasteiger partial charge in [-0.1, -0.05) is 47.0 Å². The van der Waals surface area contributed by atoms with Crippen LogP contribution in [0, 0.1) is 13.8 Å². The molecule has 1 unspecified atom stereocenters. The molecule has 1 atom stereocenters. The van der Waals surface area contributed by atoms with Gasteiger partial charge < -0.3 is 10.2 Å². The van der Waals surface area contributed by atoms with Gasteiger partial charge in [-0.05, 0) is 70.9 Å². The molecule has 2 rings (SSSR count). The lowest BCUT2D eigenvalue weighted by molar-refractivity contribution is -0.140. The quantitative estimate of drug-likeness (QED) is 0.524. The number of hydrogen-bond donors (Lipinski definition) is 1. The molecule has 192 valence electrons. The van der Waals surface area contributed by atoms with Gasteiger partial charge in [0.1, 0.15) is 12.6 Å². The van der Waals surface area contributed by atoms with Gasteiger partial charge in [0.2, 0.25) is 21.8 Å². The smallest absolute Gasteiger partial charge is 0.244 e. The normalized spacial score (nSPS) is 12.7. The van der Waals surface area contributed by atoms with Crippen LogP contribution in [0.3, 0.4) is 0 Å². The van der Waals surface area contributed by atoms with Gasteiger partial charge >= 0.3 is 0 Å². The van der Waals surface area contributed by atoms with Crippen molar-refractivity contribution in [3.8, 4) is 0 Å². The second kappa shape index (κ2) is 11.2. The first-order valence-electron chi connectivity index (χ1n) is 11.1. The first kappa shape index (κ1) is 28.9. The van der Waals surface area contributed by atoms with Crippen molar-refractivity contribution < 1.29 is 18.0 Å². The van der Waals surface area contributed by atoms with Crippen LogP contribution in [0.15, 0.2) is 36.4 Å². The Bertz CT molecular complexity index is 1210. The lowest BCUT2D eigenvalue weighted by Gasteiger charge is -2.33. The molecule has 0 heterocycles. The minimum absolute atomic E-state index is 0.00194. The van der Waals surface area contributed by atoms with Crippen LogP contribution >= 0.6 is 23.2 Å². The van der Waals surface area contributed by atoms with E-state index in [0.29, 0.717) is 26.9 Å². The number of hydrogen-bond acceptors (Lipinski definition) is 4. The number of benzene rings is 2. The molecule has 0 spiro atoms. The molecule has 0 saturated heterocycles. The molecule has 0 aliphatic carbocycles. The van der Waals surface area contributed by atoms with Gasteiger partial charge in [-0.15, -0.1) is 0 Å². The number of sulfonamides is 1. The zero-order chi connectivity index (χ0) is 26.7. The van der Waals surface area contributed by atoms with Crippen LogP contribution in [0.2, 0.25) is 10.0 Å². The van der Waals surface area contributed by atoms with E-state index >= 15 is 0 Å². The van der Waals surface area contributed by atoms with Crippen LogP contribution in [-0.2, 0) is 26.2 Å². The van der Waals surface area contributed by atoms with E-state index in [4.69, 9.17) is 23.2 Å². The predicted octanol–water partition coefficient (Wildman–Crippen LogP) is 4.71. The van der Waals surface area contributed by atoms with Crippen molar-refractivity contribution in [1.82, 2.24) is 10.2 Å². The Morgan fingerprint density at radius 3 is 2.20 bits per heavy atom. The topological polar surface area (TPSA) is 86.8 Å². The summed E-state index contributed by atoms with van der Waals surface area (Å²) in [5.74, 6) is -0.911. The molecular formula is C25H33Cl2N3O4S. The molecule has 0 radical (unpaired) electrons. The van der Waals surface area contributed by atoms with Crippen molar-refractivity contribution in [2.75, 3.05) is 17.1 Å². The van der Waals surface area contributed by atoms with Gasteiger partial charge in [-0.25, -0.2) is 8.42 Å². The molecule has 2 amide bonds. The largest absolute Gasteiger partial charge is 0.350 e. The molecule has 10 heteroatoms.